The van der Waals surface area contributed by atoms with Crippen LogP contribution in [-0.4, -0.2) is 14.8 Å². The highest BCUT2D eigenvalue weighted by Gasteiger charge is 2.19. The number of hydrogen-bond donors (Lipinski definition) is 2. The zero-order valence-corrected chi connectivity index (χ0v) is 12.6. The molecule has 0 saturated carbocycles. The van der Waals surface area contributed by atoms with E-state index in [1.807, 2.05) is 11.4 Å². The Morgan fingerprint density at radius 2 is 2.30 bits per heavy atom. The third-order valence-electron chi connectivity index (χ3n) is 3.87. The quantitative estimate of drug-likeness (QED) is 0.908. The Labute approximate surface area is 123 Å². The average Bonchev–Trinajstić information content (AvgIpc) is 2.96. The number of aromatic nitrogens is 3. The standard InChI is InChI=1S/C14H21N5S/c1-10(16-9-12-11(15)6-8-20-12)14-18-17-13-5-3-2-4-7-19(13)14/h6,8,10,16H,2-5,7,9,15H2,1H3. The van der Waals surface area contributed by atoms with Gasteiger partial charge in [-0.2, -0.15) is 0 Å². The molecule has 6 heteroatoms. The fourth-order valence-electron chi connectivity index (χ4n) is 2.66. The molecule has 2 aromatic rings. The minimum Gasteiger partial charge on any atom is -0.398 e. The van der Waals surface area contributed by atoms with Gasteiger partial charge in [-0.25, -0.2) is 0 Å². The number of hydrogen-bond acceptors (Lipinski definition) is 5. The van der Waals surface area contributed by atoms with Crippen molar-refractivity contribution >= 4 is 17.0 Å². The lowest BCUT2D eigenvalue weighted by atomic mass is 10.2. The van der Waals surface area contributed by atoms with Gasteiger partial charge in [-0.05, 0) is 31.2 Å². The van der Waals surface area contributed by atoms with E-state index in [1.54, 1.807) is 11.3 Å². The number of nitrogen functional groups attached to an aromatic ring is 1. The number of nitrogens with zero attached hydrogens (tertiary/aromatic N) is 3. The van der Waals surface area contributed by atoms with E-state index in [0.29, 0.717) is 0 Å². The maximum absolute atomic E-state index is 5.91. The molecule has 3 heterocycles. The molecule has 0 radical (unpaired) electrons. The van der Waals surface area contributed by atoms with Gasteiger partial charge in [0.2, 0.25) is 0 Å². The topological polar surface area (TPSA) is 68.8 Å². The third-order valence-corrected chi connectivity index (χ3v) is 4.81. The van der Waals surface area contributed by atoms with E-state index in [-0.39, 0.29) is 6.04 Å². The van der Waals surface area contributed by atoms with Gasteiger partial charge in [0.1, 0.15) is 11.6 Å². The Morgan fingerprint density at radius 1 is 1.40 bits per heavy atom. The molecule has 0 saturated heterocycles. The second-order valence-corrected chi connectivity index (χ2v) is 6.34. The summed E-state index contributed by atoms with van der Waals surface area (Å²) < 4.78 is 2.29. The van der Waals surface area contributed by atoms with Crippen LogP contribution in [0.4, 0.5) is 5.69 Å². The summed E-state index contributed by atoms with van der Waals surface area (Å²) in [6.07, 6.45) is 4.79. The van der Waals surface area contributed by atoms with Crippen LogP contribution in [0.5, 0.6) is 0 Å². The summed E-state index contributed by atoms with van der Waals surface area (Å²) in [5.74, 6) is 2.19. The van der Waals surface area contributed by atoms with Gasteiger partial charge < -0.3 is 15.6 Å². The molecule has 0 spiro atoms. The summed E-state index contributed by atoms with van der Waals surface area (Å²) in [5.41, 5.74) is 6.78. The van der Waals surface area contributed by atoms with Crippen molar-refractivity contribution < 1.29 is 0 Å². The summed E-state index contributed by atoms with van der Waals surface area (Å²) in [6.45, 7) is 3.98. The zero-order chi connectivity index (χ0) is 13.9. The summed E-state index contributed by atoms with van der Waals surface area (Å²) in [4.78, 5) is 1.19. The van der Waals surface area contributed by atoms with Crippen molar-refractivity contribution in [2.75, 3.05) is 5.73 Å². The van der Waals surface area contributed by atoms with E-state index >= 15 is 0 Å². The van der Waals surface area contributed by atoms with Gasteiger partial charge >= 0.3 is 0 Å². The molecular weight excluding hydrogens is 270 g/mol. The van der Waals surface area contributed by atoms with Crippen molar-refractivity contribution in [2.24, 2.45) is 0 Å². The summed E-state index contributed by atoms with van der Waals surface area (Å²) >= 11 is 1.69. The molecule has 0 fully saturated rings. The fourth-order valence-corrected chi connectivity index (χ4v) is 3.41. The van der Waals surface area contributed by atoms with Crippen molar-refractivity contribution in [3.8, 4) is 0 Å². The van der Waals surface area contributed by atoms with Gasteiger partial charge in [-0.15, -0.1) is 21.5 Å². The molecule has 0 aromatic carbocycles. The van der Waals surface area contributed by atoms with Crippen molar-refractivity contribution in [1.82, 2.24) is 20.1 Å². The lowest BCUT2D eigenvalue weighted by Gasteiger charge is -2.15. The predicted molar refractivity (Wildman–Crippen MR) is 81.6 cm³/mol. The Bertz CT molecular complexity index is 574. The molecule has 2 aromatic heterocycles. The summed E-state index contributed by atoms with van der Waals surface area (Å²) in [5, 5.41) is 14.3. The Kier molecular flexibility index (Phi) is 4.03. The van der Waals surface area contributed by atoms with E-state index in [9.17, 15) is 0 Å². The van der Waals surface area contributed by atoms with E-state index in [2.05, 4.69) is 27.0 Å². The van der Waals surface area contributed by atoms with E-state index in [0.717, 1.165) is 36.8 Å². The van der Waals surface area contributed by atoms with E-state index in [1.165, 1.54) is 24.1 Å². The van der Waals surface area contributed by atoms with Crippen molar-refractivity contribution in [3.05, 3.63) is 28.0 Å². The molecule has 0 bridgehead atoms. The number of aryl methyl sites for hydroxylation is 1. The first-order valence-electron chi connectivity index (χ1n) is 7.23. The second kappa shape index (κ2) is 5.93. The smallest absolute Gasteiger partial charge is 0.149 e. The van der Waals surface area contributed by atoms with Crippen LogP contribution in [0.3, 0.4) is 0 Å². The predicted octanol–water partition coefficient (Wildman–Crippen LogP) is 2.50. The second-order valence-electron chi connectivity index (χ2n) is 5.34. The highest BCUT2D eigenvalue weighted by molar-refractivity contribution is 7.10. The van der Waals surface area contributed by atoms with Crippen LogP contribution in [0.1, 0.15) is 48.8 Å². The third kappa shape index (κ3) is 2.71. The molecular formula is C14H21N5S. The minimum absolute atomic E-state index is 0.191. The average molecular weight is 291 g/mol. The van der Waals surface area contributed by atoms with Crippen molar-refractivity contribution in [3.63, 3.8) is 0 Å². The SMILES string of the molecule is CC(NCc1sccc1N)c1nnc2n1CCCCC2. The van der Waals surface area contributed by atoms with Crippen LogP contribution in [-0.2, 0) is 19.5 Å². The molecule has 1 aliphatic heterocycles. The summed E-state index contributed by atoms with van der Waals surface area (Å²) in [6, 6.07) is 2.14. The fraction of sp³-hybridized carbons (Fsp3) is 0.571. The number of anilines is 1. The van der Waals surface area contributed by atoms with Gasteiger partial charge in [-0.1, -0.05) is 6.42 Å². The molecule has 1 unspecified atom stereocenters. The first-order valence-corrected chi connectivity index (χ1v) is 8.11. The zero-order valence-electron chi connectivity index (χ0n) is 11.8. The molecule has 20 heavy (non-hydrogen) atoms. The molecule has 3 rings (SSSR count). The van der Waals surface area contributed by atoms with Gasteiger partial charge in [0, 0.05) is 30.1 Å². The van der Waals surface area contributed by atoms with E-state index in [4.69, 9.17) is 5.73 Å². The Hall–Kier alpha value is -1.40. The van der Waals surface area contributed by atoms with Gasteiger partial charge in [0.25, 0.3) is 0 Å². The highest BCUT2D eigenvalue weighted by atomic mass is 32.1. The minimum atomic E-state index is 0.191. The van der Waals surface area contributed by atoms with Gasteiger partial charge in [-0.3, -0.25) is 0 Å². The lowest BCUT2D eigenvalue weighted by molar-refractivity contribution is 0.504. The number of nitrogens with one attached hydrogen (secondary N) is 1. The number of nitrogens with two attached hydrogens (primary N) is 1. The van der Waals surface area contributed by atoms with Crippen molar-refractivity contribution in [2.45, 2.75) is 51.7 Å². The maximum Gasteiger partial charge on any atom is 0.149 e. The normalized spacial score (nSPS) is 16.6. The molecule has 1 atom stereocenters. The van der Waals surface area contributed by atoms with Crippen LogP contribution in [0, 0.1) is 0 Å². The van der Waals surface area contributed by atoms with Crippen molar-refractivity contribution in [1.29, 1.82) is 0 Å². The first kappa shape index (κ1) is 13.6. The molecule has 108 valence electrons. The molecule has 0 aliphatic carbocycles. The molecule has 5 nitrogen and oxygen atoms in total. The first-order chi connectivity index (χ1) is 9.75. The largest absolute Gasteiger partial charge is 0.398 e. The van der Waals surface area contributed by atoms with Crippen LogP contribution < -0.4 is 11.1 Å². The lowest BCUT2D eigenvalue weighted by Crippen LogP contribution is -2.22. The maximum atomic E-state index is 5.91. The van der Waals surface area contributed by atoms with Gasteiger partial charge in [0.05, 0.1) is 6.04 Å². The molecule has 3 N–H and O–H groups in total. The van der Waals surface area contributed by atoms with Crippen LogP contribution in [0.25, 0.3) is 0 Å². The monoisotopic (exact) mass is 291 g/mol. The summed E-state index contributed by atoms with van der Waals surface area (Å²) in [7, 11) is 0. The van der Waals surface area contributed by atoms with E-state index < -0.39 is 0 Å². The number of fused-ring (bicyclic) bond motifs is 1. The highest BCUT2D eigenvalue weighted by Crippen LogP contribution is 2.21. The Balaban J connectivity index is 1.69. The van der Waals surface area contributed by atoms with Crippen LogP contribution in [0.2, 0.25) is 0 Å². The van der Waals surface area contributed by atoms with Gasteiger partial charge in [0.15, 0.2) is 0 Å². The Morgan fingerprint density at radius 3 is 3.10 bits per heavy atom. The van der Waals surface area contributed by atoms with Crippen LogP contribution in [0.15, 0.2) is 11.4 Å². The number of rotatable bonds is 4. The molecule has 0 amide bonds. The molecule has 1 aliphatic rings. The van der Waals surface area contributed by atoms with Crippen LogP contribution >= 0.6 is 11.3 Å². The number of thiophene rings is 1.